The van der Waals surface area contributed by atoms with E-state index in [2.05, 4.69) is 4.74 Å². The summed E-state index contributed by atoms with van der Waals surface area (Å²) < 4.78 is 59.6. The molecule has 0 amide bonds. The average molecular weight is 270 g/mol. The fraction of sp³-hybridized carbons (Fsp3) is 0.143. The monoisotopic (exact) mass is 270 g/mol. The van der Waals surface area contributed by atoms with E-state index in [4.69, 9.17) is 0 Å². The zero-order chi connectivity index (χ0) is 14.0. The third kappa shape index (κ3) is 2.28. The van der Waals surface area contributed by atoms with Crippen LogP contribution in [-0.4, -0.2) is 6.61 Å². The fourth-order valence-corrected chi connectivity index (χ4v) is 1.74. The number of ether oxygens (including phenoxy) is 1. The maximum atomic E-state index is 13.9. The summed E-state index contributed by atoms with van der Waals surface area (Å²) in [6.07, 6.45) is 0. The smallest absolute Gasteiger partial charge is 0.204 e. The van der Waals surface area contributed by atoms with Crippen LogP contribution in [0.5, 0.6) is 5.75 Å². The van der Waals surface area contributed by atoms with E-state index in [1.807, 2.05) is 0 Å². The lowest BCUT2D eigenvalue weighted by atomic mass is 10.0. The molecule has 5 heteroatoms. The van der Waals surface area contributed by atoms with Crippen molar-refractivity contribution >= 4 is 0 Å². The quantitative estimate of drug-likeness (QED) is 0.596. The van der Waals surface area contributed by atoms with Crippen molar-refractivity contribution in [2.24, 2.45) is 0 Å². The van der Waals surface area contributed by atoms with Gasteiger partial charge < -0.3 is 4.74 Å². The second-order valence-corrected chi connectivity index (χ2v) is 3.76. The van der Waals surface area contributed by atoms with Crippen LogP contribution < -0.4 is 4.74 Å². The Morgan fingerprint density at radius 3 is 1.84 bits per heavy atom. The van der Waals surface area contributed by atoms with Crippen LogP contribution in [-0.2, 0) is 0 Å². The van der Waals surface area contributed by atoms with Crippen LogP contribution >= 0.6 is 0 Å². The van der Waals surface area contributed by atoms with E-state index >= 15 is 0 Å². The van der Waals surface area contributed by atoms with Gasteiger partial charge in [0.1, 0.15) is 0 Å². The van der Waals surface area contributed by atoms with Gasteiger partial charge in [-0.3, -0.25) is 0 Å². The minimum absolute atomic E-state index is 0.0540. The van der Waals surface area contributed by atoms with Crippen LogP contribution in [0.3, 0.4) is 0 Å². The molecule has 0 aliphatic rings. The molecule has 0 aliphatic carbocycles. The van der Waals surface area contributed by atoms with Crippen molar-refractivity contribution in [1.29, 1.82) is 0 Å². The molecule has 0 N–H and O–H groups in total. The maximum Gasteiger partial charge on any atom is 0.204 e. The highest BCUT2D eigenvalue weighted by molar-refractivity contribution is 5.66. The Morgan fingerprint density at radius 1 is 0.842 bits per heavy atom. The summed E-state index contributed by atoms with van der Waals surface area (Å²) in [5, 5.41) is 0. The molecule has 2 rings (SSSR count). The Bertz CT molecular complexity index is 567. The standard InChI is InChI=1S/C14H10F4O/c1-2-19-14-12(17)10(15)9(11(16)13(14)18)8-6-4-3-5-7-8/h3-7H,2H2,1H3. The first kappa shape index (κ1) is 13.4. The van der Waals surface area contributed by atoms with Crippen molar-refractivity contribution in [2.75, 3.05) is 6.61 Å². The van der Waals surface area contributed by atoms with Crippen LogP contribution in [0.15, 0.2) is 30.3 Å². The van der Waals surface area contributed by atoms with Crippen molar-refractivity contribution in [3.05, 3.63) is 53.6 Å². The molecular formula is C14H10F4O. The normalized spacial score (nSPS) is 10.6. The number of benzene rings is 2. The molecular weight excluding hydrogens is 260 g/mol. The predicted octanol–water partition coefficient (Wildman–Crippen LogP) is 4.31. The van der Waals surface area contributed by atoms with E-state index in [1.54, 1.807) is 6.07 Å². The van der Waals surface area contributed by atoms with E-state index < -0.39 is 34.6 Å². The van der Waals surface area contributed by atoms with Crippen LogP contribution in [0, 0.1) is 23.3 Å². The second-order valence-electron chi connectivity index (χ2n) is 3.76. The van der Waals surface area contributed by atoms with E-state index in [-0.39, 0.29) is 12.2 Å². The summed E-state index contributed by atoms with van der Waals surface area (Å²) in [6, 6.07) is 7.38. The summed E-state index contributed by atoms with van der Waals surface area (Å²) in [6.45, 7) is 1.36. The van der Waals surface area contributed by atoms with Crippen molar-refractivity contribution in [3.63, 3.8) is 0 Å². The molecule has 2 aromatic rings. The summed E-state index contributed by atoms with van der Waals surface area (Å²) in [4.78, 5) is 0. The fourth-order valence-electron chi connectivity index (χ4n) is 1.74. The van der Waals surface area contributed by atoms with Gasteiger partial charge in [-0.25, -0.2) is 8.78 Å². The maximum absolute atomic E-state index is 13.9. The number of hydrogen-bond acceptors (Lipinski definition) is 1. The first-order valence-electron chi connectivity index (χ1n) is 5.62. The molecule has 2 aromatic carbocycles. The largest absolute Gasteiger partial charge is 0.488 e. The zero-order valence-corrected chi connectivity index (χ0v) is 10.0. The van der Waals surface area contributed by atoms with Gasteiger partial charge in [0.15, 0.2) is 17.4 Å². The highest BCUT2D eigenvalue weighted by Gasteiger charge is 2.27. The SMILES string of the molecule is CCOc1c(F)c(F)c(-c2ccccc2)c(F)c1F. The van der Waals surface area contributed by atoms with Crippen molar-refractivity contribution in [2.45, 2.75) is 6.92 Å². The Labute approximate surface area is 107 Å². The van der Waals surface area contributed by atoms with Gasteiger partial charge >= 0.3 is 0 Å². The Hall–Kier alpha value is -2.04. The molecule has 0 bridgehead atoms. The molecule has 0 unspecified atom stereocenters. The molecule has 19 heavy (non-hydrogen) atoms. The topological polar surface area (TPSA) is 9.23 Å². The summed E-state index contributed by atoms with van der Waals surface area (Å²) >= 11 is 0. The third-order valence-electron chi connectivity index (χ3n) is 2.57. The first-order valence-corrected chi connectivity index (χ1v) is 5.62. The lowest BCUT2D eigenvalue weighted by molar-refractivity contribution is 0.287. The van der Waals surface area contributed by atoms with Gasteiger partial charge in [-0.2, -0.15) is 8.78 Å². The third-order valence-corrected chi connectivity index (χ3v) is 2.57. The molecule has 0 aliphatic heterocycles. The van der Waals surface area contributed by atoms with Gasteiger partial charge in [0, 0.05) is 0 Å². The molecule has 0 radical (unpaired) electrons. The van der Waals surface area contributed by atoms with Crippen LogP contribution in [0.4, 0.5) is 17.6 Å². The molecule has 100 valence electrons. The van der Waals surface area contributed by atoms with Gasteiger partial charge in [-0.1, -0.05) is 30.3 Å². The predicted molar refractivity (Wildman–Crippen MR) is 62.9 cm³/mol. The van der Waals surface area contributed by atoms with Gasteiger partial charge in [0.2, 0.25) is 11.6 Å². The Kier molecular flexibility index (Phi) is 3.74. The average Bonchev–Trinajstić information content (AvgIpc) is 2.43. The highest BCUT2D eigenvalue weighted by atomic mass is 19.2. The van der Waals surface area contributed by atoms with Gasteiger partial charge in [-0.15, -0.1) is 0 Å². The van der Waals surface area contributed by atoms with Gasteiger partial charge in [0.25, 0.3) is 0 Å². The molecule has 0 fully saturated rings. The van der Waals surface area contributed by atoms with E-state index in [0.29, 0.717) is 0 Å². The van der Waals surface area contributed by atoms with Gasteiger partial charge in [0.05, 0.1) is 12.2 Å². The first-order chi connectivity index (χ1) is 9.07. The van der Waals surface area contributed by atoms with Crippen molar-refractivity contribution in [1.82, 2.24) is 0 Å². The van der Waals surface area contributed by atoms with Crippen LogP contribution in [0.25, 0.3) is 11.1 Å². The molecule has 0 atom stereocenters. The zero-order valence-electron chi connectivity index (χ0n) is 10.0. The highest BCUT2D eigenvalue weighted by Crippen LogP contribution is 2.35. The lowest BCUT2D eigenvalue weighted by Crippen LogP contribution is -2.05. The number of halogens is 4. The van der Waals surface area contributed by atoms with Crippen molar-refractivity contribution in [3.8, 4) is 16.9 Å². The lowest BCUT2D eigenvalue weighted by Gasteiger charge is -2.12. The minimum Gasteiger partial charge on any atom is -0.488 e. The second kappa shape index (κ2) is 5.30. The van der Waals surface area contributed by atoms with Crippen LogP contribution in [0.1, 0.15) is 6.92 Å². The molecule has 0 saturated carbocycles. The summed E-state index contributed by atoms with van der Waals surface area (Å²) in [5.74, 6) is -7.02. The van der Waals surface area contributed by atoms with Crippen molar-refractivity contribution < 1.29 is 22.3 Å². The summed E-state index contributed by atoms with van der Waals surface area (Å²) in [7, 11) is 0. The molecule has 0 aromatic heterocycles. The van der Waals surface area contributed by atoms with Crippen LogP contribution in [0.2, 0.25) is 0 Å². The Morgan fingerprint density at radius 2 is 1.37 bits per heavy atom. The van der Waals surface area contributed by atoms with E-state index in [9.17, 15) is 17.6 Å². The van der Waals surface area contributed by atoms with E-state index in [0.717, 1.165) is 0 Å². The molecule has 0 heterocycles. The number of hydrogen-bond donors (Lipinski definition) is 0. The molecule has 0 spiro atoms. The summed E-state index contributed by atoms with van der Waals surface area (Å²) in [5.41, 5.74) is -0.683. The Balaban J connectivity index is 2.71. The van der Waals surface area contributed by atoms with E-state index in [1.165, 1.54) is 31.2 Å². The molecule has 0 saturated heterocycles. The number of rotatable bonds is 3. The minimum atomic E-state index is -1.53. The molecule has 1 nitrogen and oxygen atoms in total. The van der Waals surface area contributed by atoms with Gasteiger partial charge in [-0.05, 0) is 12.5 Å².